The van der Waals surface area contributed by atoms with Gasteiger partial charge in [0.25, 0.3) is 5.91 Å². The fraction of sp³-hybridized carbons (Fsp3) is 0.350. The van der Waals surface area contributed by atoms with Crippen molar-refractivity contribution in [1.29, 1.82) is 0 Å². The standard InChI is InChI=1S/C20H14BrF11N2O2/c1-2-36-8-34(16(35)10-4-3-5-13(33)14(10)22)15-11(18(24,25)26)6-9(7-12(15)21)17(23,19(27,28)29)20(30,31)32/h3-7H,2,8,33H2,1H3. The van der Waals surface area contributed by atoms with E-state index < -0.39 is 81.3 Å². The predicted octanol–water partition coefficient (Wildman–Crippen LogP) is 7.12. The molecular weight excluding hydrogens is 589 g/mol. The van der Waals surface area contributed by atoms with Gasteiger partial charge in [-0.2, -0.15) is 39.5 Å². The van der Waals surface area contributed by atoms with Crippen molar-refractivity contribution in [2.45, 2.75) is 31.1 Å². The molecule has 2 N–H and O–H groups in total. The first kappa shape index (κ1) is 29.6. The van der Waals surface area contributed by atoms with E-state index in [4.69, 9.17) is 10.5 Å². The molecule has 0 saturated heterocycles. The average Bonchev–Trinajstić information content (AvgIpc) is 2.73. The topological polar surface area (TPSA) is 55.6 Å². The van der Waals surface area contributed by atoms with Gasteiger partial charge in [0, 0.05) is 16.6 Å². The molecule has 2 aromatic carbocycles. The number of hydrogen-bond donors (Lipinski definition) is 1. The van der Waals surface area contributed by atoms with Crippen molar-refractivity contribution < 1.29 is 57.8 Å². The Balaban J connectivity index is 2.91. The number of nitrogen functional groups attached to an aromatic ring is 1. The number of hydrogen-bond acceptors (Lipinski definition) is 3. The lowest BCUT2D eigenvalue weighted by Crippen LogP contribution is -2.50. The molecule has 0 aliphatic carbocycles. The highest BCUT2D eigenvalue weighted by Crippen LogP contribution is 2.55. The first-order valence-electron chi connectivity index (χ1n) is 9.46. The summed E-state index contributed by atoms with van der Waals surface area (Å²) in [5, 5.41) is 0. The van der Waals surface area contributed by atoms with Crippen LogP contribution < -0.4 is 10.6 Å². The van der Waals surface area contributed by atoms with Gasteiger partial charge in [0.1, 0.15) is 6.73 Å². The summed E-state index contributed by atoms with van der Waals surface area (Å²) < 4.78 is 153. The average molecular weight is 603 g/mol. The minimum absolute atomic E-state index is 0.110. The monoisotopic (exact) mass is 602 g/mol. The van der Waals surface area contributed by atoms with Gasteiger partial charge in [-0.3, -0.25) is 9.69 Å². The highest BCUT2D eigenvalue weighted by Gasteiger charge is 2.73. The maximum absolute atomic E-state index is 14.5. The third-order valence-electron chi connectivity index (χ3n) is 4.75. The number of carbonyl (C=O) groups is 1. The molecule has 16 heteroatoms. The second-order valence-electron chi connectivity index (χ2n) is 7.07. The van der Waals surface area contributed by atoms with Crippen LogP contribution in [0.2, 0.25) is 0 Å². The summed E-state index contributed by atoms with van der Waals surface area (Å²) in [6.07, 6.45) is -19.1. The SMILES string of the molecule is CCOCN(C(=O)c1cccc(N)c1F)c1c(Br)cc(C(F)(C(F)(F)F)C(F)(F)F)cc1C(F)(F)F. The molecule has 1 amide bonds. The molecular formula is C20H14BrF11N2O2. The Hall–Kier alpha value is -2.62. The van der Waals surface area contributed by atoms with Gasteiger partial charge in [0.05, 0.1) is 22.5 Å². The van der Waals surface area contributed by atoms with Gasteiger partial charge < -0.3 is 10.5 Å². The van der Waals surface area contributed by atoms with E-state index in [0.29, 0.717) is 0 Å². The molecule has 0 aliphatic heterocycles. The van der Waals surface area contributed by atoms with Gasteiger partial charge in [0.2, 0.25) is 0 Å². The molecule has 200 valence electrons. The van der Waals surface area contributed by atoms with Crippen LogP contribution in [0, 0.1) is 5.82 Å². The van der Waals surface area contributed by atoms with Gasteiger partial charge in [-0.15, -0.1) is 0 Å². The fourth-order valence-corrected chi connectivity index (χ4v) is 3.72. The Morgan fingerprint density at radius 2 is 1.56 bits per heavy atom. The van der Waals surface area contributed by atoms with Crippen LogP contribution in [0.3, 0.4) is 0 Å². The number of rotatable bonds is 6. The Bertz CT molecular complexity index is 1120. The van der Waals surface area contributed by atoms with Crippen LogP contribution in [0.4, 0.5) is 59.7 Å². The summed E-state index contributed by atoms with van der Waals surface area (Å²) in [5.74, 6) is -2.90. The maximum atomic E-state index is 14.5. The van der Waals surface area contributed by atoms with Crippen molar-refractivity contribution in [3.63, 3.8) is 0 Å². The summed E-state index contributed by atoms with van der Waals surface area (Å²) in [6.45, 7) is 0.0660. The molecule has 0 spiro atoms. The predicted molar refractivity (Wildman–Crippen MR) is 108 cm³/mol. The van der Waals surface area contributed by atoms with Crippen molar-refractivity contribution in [1.82, 2.24) is 0 Å². The van der Waals surface area contributed by atoms with Gasteiger partial charge in [-0.1, -0.05) is 6.07 Å². The van der Waals surface area contributed by atoms with Crippen molar-refractivity contribution in [3.05, 3.63) is 57.3 Å². The number of ether oxygens (including phenoxy) is 1. The number of nitrogens with two attached hydrogens (primary N) is 1. The number of nitrogens with zero attached hydrogens (tertiary/aromatic N) is 1. The number of carbonyl (C=O) groups excluding carboxylic acids is 1. The second kappa shape index (κ2) is 10.0. The van der Waals surface area contributed by atoms with Crippen LogP contribution in [0.25, 0.3) is 0 Å². The van der Waals surface area contributed by atoms with E-state index in [1.807, 2.05) is 0 Å². The normalized spacial score (nSPS) is 13.1. The zero-order valence-electron chi connectivity index (χ0n) is 17.7. The largest absolute Gasteiger partial charge is 0.435 e. The summed E-state index contributed by atoms with van der Waals surface area (Å²) in [7, 11) is 0. The highest BCUT2D eigenvalue weighted by atomic mass is 79.9. The molecule has 0 atom stereocenters. The molecule has 0 radical (unpaired) electrons. The number of halogens is 12. The second-order valence-corrected chi connectivity index (χ2v) is 7.92. The van der Waals surface area contributed by atoms with E-state index in [0.717, 1.165) is 18.2 Å². The lowest BCUT2D eigenvalue weighted by atomic mass is 9.91. The van der Waals surface area contributed by atoms with Crippen LogP contribution in [0.5, 0.6) is 0 Å². The molecule has 0 bridgehead atoms. The molecule has 2 aromatic rings. The van der Waals surface area contributed by atoms with Crippen LogP contribution in [0.1, 0.15) is 28.4 Å². The lowest BCUT2D eigenvalue weighted by molar-refractivity contribution is -0.348. The number of benzene rings is 2. The van der Waals surface area contributed by atoms with Crippen LogP contribution in [0.15, 0.2) is 34.8 Å². The smallest absolute Gasteiger partial charge is 0.396 e. The lowest BCUT2D eigenvalue weighted by Gasteiger charge is -2.33. The van der Waals surface area contributed by atoms with Crippen molar-refractivity contribution in [3.8, 4) is 0 Å². The molecule has 2 rings (SSSR count). The van der Waals surface area contributed by atoms with E-state index in [1.54, 1.807) is 0 Å². The molecule has 0 heterocycles. The summed E-state index contributed by atoms with van der Waals surface area (Å²) in [6, 6.07) is 1.98. The Kier molecular flexibility index (Phi) is 8.25. The molecule has 0 fully saturated rings. The van der Waals surface area contributed by atoms with Gasteiger partial charge in [-0.05, 0) is 47.1 Å². The van der Waals surface area contributed by atoms with E-state index in [9.17, 15) is 53.1 Å². The Morgan fingerprint density at radius 3 is 2.03 bits per heavy atom. The van der Waals surface area contributed by atoms with E-state index in [2.05, 4.69) is 15.9 Å². The Labute approximate surface area is 203 Å². The third kappa shape index (κ3) is 5.38. The van der Waals surface area contributed by atoms with E-state index >= 15 is 0 Å². The van der Waals surface area contributed by atoms with Crippen molar-refractivity contribution >= 4 is 33.2 Å². The number of amides is 1. The van der Waals surface area contributed by atoms with Gasteiger partial charge in [0.15, 0.2) is 5.82 Å². The number of alkyl halides is 10. The van der Waals surface area contributed by atoms with E-state index in [1.165, 1.54) is 6.92 Å². The van der Waals surface area contributed by atoms with Crippen molar-refractivity contribution in [2.24, 2.45) is 0 Å². The minimum Gasteiger partial charge on any atom is -0.396 e. The van der Waals surface area contributed by atoms with Crippen LogP contribution >= 0.6 is 15.9 Å². The molecule has 0 unspecified atom stereocenters. The summed E-state index contributed by atoms with van der Waals surface area (Å²) in [4.78, 5) is 13.1. The summed E-state index contributed by atoms with van der Waals surface area (Å²) >= 11 is 2.41. The highest BCUT2D eigenvalue weighted by molar-refractivity contribution is 9.10. The van der Waals surface area contributed by atoms with Crippen LogP contribution in [-0.4, -0.2) is 31.6 Å². The maximum Gasteiger partial charge on any atom is 0.435 e. The van der Waals surface area contributed by atoms with E-state index in [-0.39, 0.29) is 17.6 Å². The molecule has 0 aliphatic rings. The third-order valence-corrected chi connectivity index (χ3v) is 5.35. The summed E-state index contributed by atoms with van der Waals surface area (Å²) in [5.41, 5.74) is -8.38. The zero-order chi connectivity index (χ0) is 27.9. The fourth-order valence-electron chi connectivity index (χ4n) is 3.04. The zero-order valence-corrected chi connectivity index (χ0v) is 19.3. The van der Waals surface area contributed by atoms with Crippen LogP contribution in [-0.2, 0) is 16.6 Å². The minimum atomic E-state index is -6.71. The van der Waals surface area contributed by atoms with Crippen molar-refractivity contribution in [2.75, 3.05) is 24.0 Å². The first-order valence-corrected chi connectivity index (χ1v) is 10.3. The molecule has 0 aromatic heterocycles. The molecule has 0 saturated carbocycles. The molecule has 4 nitrogen and oxygen atoms in total. The first-order chi connectivity index (χ1) is 16.3. The quantitative estimate of drug-likeness (QED) is 0.218. The molecule has 36 heavy (non-hydrogen) atoms. The van der Waals surface area contributed by atoms with Gasteiger partial charge >= 0.3 is 24.2 Å². The Morgan fingerprint density at radius 1 is 1.00 bits per heavy atom. The number of anilines is 2. The van der Waals surface area contributed by atoms with Gasteiger partial charge in [-0.25, -0.2) is 8.78 Å².